The van der Waals surface area contributed by atoms with Crippen LogP contribution < -0.4 is 20.9 Å². The molecule has 11 nitrogen and oxygen atoms in total. The second kappa shape index (κ2) is 12.0. The van der Waals surface area contributed by atoms with Crippen molar-refractivity contribution < 1.29 is 32.4 Å². The zero-order chi connectivity index (χ0) is 28.7. The fourth-order valence-electron chi connectivity index (χ4n) is 3.56. The first-order valence-corrected chi connectivity index (χ1v) is 12.6. The highest BCUT2D eigenvalue weighted by molar-refractivity contribution is 7.86. The number of phenols is 1. The van der Waals surface area contributed by atoms with Crippen LogP contribution >= 0.6 is 0 Å². The minimum Gasteiger partial charge on any atom is -0.507 e. The van der Waals surface area contributed by atoms with Gasteiger partial charge in [0.25, 0.3) is 10.1 Å². The van der Waals surface area contributed by atoms with Gasteiger partial charge in [0, 0.05) is 17.7 Å². The van der Waals surface area contributed by atoms with E-state index in [4.69, 9.17) is 20.8 Å². The normalized spacial score (nSPS) is 10.6. The number of aromatic hydroxyl groups is 1. The van der Waals surface area contributed by atoms with Crippen LogP contribution in [0, 0.1) is 0 Å². The lowest BCUT2D eigenvalue weighted by Gasteiger charge is -2.11. The zero-order valence-electron chi connectivity index (χ0n) is 20.6. The number of nitrogens with zero attached hydrogens (tertiary/aromatic N) is 2. The highest BCUT2D eigenvalue weighted by Gasteiger charge is 2.23. The molecule has 0 aromatic heterocycles. The molecular formula is C27H24N4O7S. The Balaban J connectivity index is 0.000000218. The van der Waals surface area contributed by atoms with Gasteiger partial charge in [-0.1, -0.05) is 48.5 Å². The average molecular weight is 549 g/mol. The van der Waals surface area contributed by atoms with Crippen molar-refractivity contribution in [2.75, 3.05) is 18.6 Å². The maximum Gasteiger partial charge on any atom is 0.298 e. The number of carbonyl (C=O) groups excluding carboxylic acids is 2. The number of benzene rings is 4. The van der Waals surface area contributed by atoms with Crippen molar-refractivity contribution in [3.8, 4) is 11.5 Å². The summed E-state index contributed by atoms with van der Waals surface area (Å²) in [5, 5.41) is 9.87. The Labute approximate surface area is 224 Å². The zero-order valence-corrected chi connectivity index (χ0v) is 21.4. The second-order valence-electron chi connectivity index (χ2n) is 7.96. The molecule has 0 fully saturated rings. The number of hydrogen-bond donors (Lipinski definition) is 4. The molecule has 4 aromatic carbocycles. The third-order valence-electron chi connectivity index (χ3n) is 5.44. The van der Waals surface area contributed by atoms with Gasteiger partial charge in [-0.25, -0.2) is 4.70 Å². The number of carbonyl (C=O) groups is 2. The highest BCUT2D eigenvalue weighted by Crippen LogP contribution is 2.33. The van der Waals surface area contributed by atoms with Crippen molar-refractivity contribution in [2.45, 2.75) is 4.90 Å². The lowest BCUT2D eigenvalue weighted by Crippen LogP contribution is -2.07. The minimum atomic E-state index is -4.59. The molecule has 39 heavy (non-hydrogen) atoms. The van der Waals surface area contributed by atoms with Gasteiger partial charge in [-0.05, 0) is 24.3 Å². The van der Waals surface area contributed by atoms with Crippen LogP contribution in [0.2, 0.25) is 0 Å². The van der Waals surface area contributed by atoms with E-state index in [-0.39, 0.29) is 22.6 Å². The topological polar surface area (TPSA) is 195 Å². The summed E-state index contributed by atoms with van der Waals surface area (Å²) in [4.78, 5) is 22.7. The molecule has 0 radical (unpaired) electrons. The van der Waals surface area contributed by atoms with Crippen LogP contribution in [-0.2, 0) is 10.1 Å². The fourth-order valence-corrected chi connectivity index (χ4v) is 4.22. The summed E-state index contributed by atoms with van der Waals surface area (Å²) in [5.74, 6) is -1.26. The second-order valence-corrected chi connectivity index (χ2v) is 9.35. The number of anilines is 2. The number of rotatable bonds is 7. The van der Waals surface area contributed by atoms with E-state index < -0.39 is 26.5 Å². The molecule has 0 heterocycles. The number of nitrogen functional groups attached to an aromatic ring is 2. The van der Waals surface area contributed by atoms with Crippen LogP contribution in [0.3, 0.4) is 0 Å². The van der Waals surface area contributed by atoms with Crippen molar-refractivity contribution in [2.24, 2.45) is 0 Å². The number of nitrogens with two attached hydrogens (primary N) is 2. The number of methoxy groups -OCH3 is 1. The summed E-state index contributed by atoms with van der Waals surface area (Å²) in [6.45, 7) is 0. The monoisotopic (exact) mass is 548 g/mol. The number of hydrogen-bond acceptors (Lipinski definition) is 8. The summed E-state index contributed by atoms with van der Waals surface area (Å²) in [6, 6.07) is 21.5. The van der Waals surface area contributed by atoms with Crippen LogP contribution in [0.4, 0.5) is 22.7 Å². The lowest BCUT2D eigenvalue weighted by atomic mass is 10.0. The van der Waals surface area contributed by atoms with Crippen molar-refractivity contribution in [1.29, 1.82) is 0 Å². The van der Waals surface area contributed by atoms with Crippen molar-refractivity contribution in [3.05, 3.63) is 107 Å². The van der Waals surface area contributed by atoms with Gasteiger partial charge in [0.2, 0.25) is 11.4 Å². The largest absolute Gasteiger partial charge is 0.507 e. The lowest BCUT2D eigenvalue weighted by molar-refractivity contribution is 0.103. The Bertz CT molecular complexity index is 1660. The summed E-state index contributed by atoms with van der Waals surface area (Å²) in [6.07, 6.45) is 0.633. The third kappa shape index (κ3) is 6.44. The minimum absolute atomic E-state index is 0.227. The van der Waals surface area contributed by atoms with Gasteiger partial charge < -0.3 is 26.8 Å². The van der Waals surface area contributed by atoms with Gasteiger partial charge in [0.1, 0.15) is 27.8 Å². The number of aldehydes is 1. The van der Waals surface area contributed by atoms with Gasteiger partial charge in [0.15, 0.2) is 12.1 Å². The molecule has 0 spiro atoms. The summed E-state index contributed by atoms with van der Waals surface area (Å²) in [5.41, 5.74) is 23.3. The molecule has 0 amide bonds. The maximum absolute atomic E-state index is 12.3. The molecule has 0 aliphatic carbocycles. The standard InChI is InChI=1S/C14H12O6S.C13H12N4O/c1-20-12-8-11(15)10(7-13(12)21(17,18)19)14(16)9-5-3-2-4-6-9;14-10-5-1-2-7-12(10)17(16)13-9(8-18)4-3-6-11(13)15/h2-8,15H,1H3,(H,17,18,19);1-8H,14-15H2. The first kappa shape index (κ1) is 28.5. The molecule has 0 aliphatic heterocycles. The molecule has 6 N–H and O–H groups in total. The molecule has 0 atom stereocenters. The highest BCUT2D eigenvalue weighted by atomic mass is 32.2. The molecule has 0 unspecified atom stereocenters. The Morgan fingerprint density at radius 2 is 1.56 bits per heavy atom. The van der Waals surface area contributed by atoms with E-state index in [2.05, 4.69) is 0 Å². The molecular weight excluding hydrogens is 524 g/mol. The van der Waals surface area contributed by atoms with Crippen molar-refractivity contribution >= 4 is 44.9 Å². The predicted molar refractivity (Wildman–Crippen MR) is 146 cm³/mol. The van der Waals surface area contributed by atoms with E-state index in [1.54, 1.807) is 60.7 Å². The van der Waals surface area contributed by atoms with Gasteiger partial charge in [-0.15, -0.1) is 0 Å². The first-order chi connectivity index (χ1) is 18.5. The van der Waals surface area contributed by atoms with Gasteiger partial charge in [0.05, 0.1) is 18.2 Å². The van der Waals surface area contributed by atoms with E-state index in [1.165, 1.54) is 19.2 Å². The van der Waals surface area contributed by atoms with Gasteiger partial charge in [-0.3, -0.25) is 14.1 Å². The van der Waals surface area contributed by atoms with E-state index >= 15 is 0 Å². The van der Waals surface area contributed by atoms with E-state index in [9.17, 15) is 28.6 Å². The SMILES string of the molecule is COc1cc(O)c(C(=O)c2ccccc2)cc1S(=O)(=O)O.[N-]=[N+](c1ccccc1N)c1c(N)cccc1C=O. The number of phenolic OH excluding ortho intramolecular Hbond substituents is 1. The smallest absolute Gasteiger partial charge is 0.298 e. The van der Waals surface area contributed by atoms with Crippen LogP contribution in [-0.4, -0.2) is 37.3 Å². The Kier molecular flexibility index (Phi) is 8.76. The van der Waals surface area contributed by atoms with Gasteiger partial charge >= 0.3 is 0 Å². The van der Waals surface area contributed by atoms with E-state index in [0.717, 1.165) is 16.8 Å². The summed E-state index contributed by atoms with van der Waals surface area (Å²) >= 11 is 0. The molecule has 0 bridgehead atoms. The predicted octanol–water partition coefficient (Wildman–Crippen LogP) is 4.40. The molecule has 0 saturated heterocycles. The molecule has 200 valence electrons. The van der Waals surface area contributed by atoms with E-state index in [1.807, 2.05) is 0 Å². The maximum atomic E-state index is 12.3. The molecule has 4 aromatic rings. The number of ketones is 1. The van der Waals surface area contributed by atoms with Crippen LogP contribution in [0.25, 0.3) is 5.53 Å². The molecule has 4 rings (SSSR count). The Morgan fingerprint density at radius 1 is 0.949 bits per heavy atom. The summed E-state index contributed by atoms with van der Waals surface area (Å²) in [7, 11) is -3.41. The first-order valence-electron chi connectivity index (χ1n) is 11.1. The average Bonchev–Trinajstić information content (AvgIpc) is 2.92. The molecule has 0 aliphatic rings. The van der Waals surface area contributed by atoms with Gasteiger partial charge in [-0.2, -0.15) is 8.42 Å². The quantitative estimate of drug-likeness (QED) is 0.0646. The van der Waals surface area contributed by atoms with E-state index in [0.29, 0.717) is 28.9 Å². The number of ether oxygens (including phenoxy) is 1. The third-order valence-corrected chi connectivity index (χ3v) is 6.32. The van der Waals surface area contributed by atoms with Crippen LogP contribution in [0.1, 0.15) is 26.3 Å². The Morgan fingerprint density at radius 3 is 2.15 bits per heavy atom. The van der Waals surface area contributed by atoms with Crippen LogP contribution in [0.5, 0.6) is 11.5 Å². The van der Waals surface area contributed by atoms with Crippen molar-refractivity contribution in [3.63, 3.8) is 0 Å². The van der Waals surface area contributed by atoms with Crippen LogP contribution in [0.15, 0.2) is 89.8 Å². The fraction of sp³-hybridized carbons (Fsp3) is 0.0370. The number of para-hydroxylation sites is 3. The summed E-state index contributed by atoms with van der Waals surface area (Å²) < 4.78 is 37.4. The van der Waals surface area contributed by atoms with Crippen molar-refractivity contribution in [1.82, 2.24) is 4.70 Å². The molecule has 12 heteroatoms. The Hall–Kier alpha value is -5.07. The molecule has 0 saturated carbocycles.